The van der Waals surface area contributed by atoms with Crippen LogP contribution in [0, 0.1) is 5.92 Å². The number of carbonyl (C=O) groups excluding carboxylic acids is 1. The number of hydrogen-bond acceptors (Lipinski definition) is 2. The van der Waals surface area contributed by atoms with Crippen molar-refractivity contribution in [1.82, 2.24) is 10.2 Å². The number of rotatable bonds is 5. The van der Waals surface area contributed by atoms with Gasteiger partial charge in [-0.25, -0.2) is 0 Å². The van der Waals surface area contributed by atoms with E-state index in [0.717, 1.165) is 25.1 Å². The van der Waals surface area contributed by atoms with Crippen LogP contribution < -0.4 is 5.32 Å². The first-order chi connectivity index (χ1) is 10.0. The van der Waals surface area contributed by atoms with Gasteiger partial charge in [-0.2, -0.15) is 0 Å². The molecule has 1 fully saturated rings. The zero-order valence-electron chi connectivity index (χ0n) is 12.4. The van der Waals surface area contributed by atoms with Crippen LogP contribution in [-0.4, -0.2) is 30.9 Å². The van der Waals surface area contributed by atoms with Crippen molar-refractivity contribution in [2.24, 2.45) is 5.92 Å². The van der Waals surface area contributed by atoms with Crippen molar-refractivity contribution >= 4 is 29.1 Å². The van der Waals surface area contributed by atoms with Crippen LogP contribution in [0.5, 0.6) is 0 Å². The summed E-state index contributed by atoms with van der Waals surface area (Å²) in [7, 11) is 1.83. The molecule has 1 atom stereocenters. The number of carbonyl (C=O) groups is 1. The van der Waals surface area contributed by atoms with Gasteiger partial charge in [0.2, 0.25) is 5.91 Å². The van der Waals surface area contributed by atoms with Crippen molar-refractivity contribution in [3.63, 3.8) is 0 Å². The summed E-state index contributed by atoms with van der Waals surface area (Å²) < 4.78 is 0. The topological polar surface area (TPSA) is 32.3 Å². The van der Waals surface area contributed by atoms with Crippen molar-refractivity contribution in [2.75, 3.05) is 20.1 Å². The lowest BCUT2D eigenvalue weighted by Crippen LogP contribution is -2.31. The largest absolute Gasteiger partial charge is 0.341 e. The quantitative estimate of drug-likeness (QED) is 0.893. The van der Waals surface area contributed by atoms with Crippen LogP contribution in [0.2, 0.25) is 10.0 Å². The van der Waals surface area contributed by atoms with Gasteiger partial charge in [-0.1, -0.05) is 23.2 Å². The minimum atomic E-state index is 0.177. The average molecular weight is 329 g/mol. The second-order valence-electron chi connectivity index (χ2n) is 5.78. The molecule has 0 spiro atoms. The molecule has 1 heterocycles. The predicted molar refractivity (Wildman–Crippen MR) is 87.8 cm³/mol. The summed E-state index contributed by atoms with van der Waals surface area (Å²) in [4.78, 5) is 13.9. The van der Waals surface area contributed by atoms with E-state index in [2.05, 4.69) is 5.32 Å². The third-order valence-electron chi connectivity index (χ3n) is 3.93. The molecule has 0 aromatic heterocycles. The summed E-state index contributed by atoms with van der Waals surface area (Å²) in [6.45, 7) is 2.70. The first-order valence-electron chi connectivity index (χ1n) is 7.44. The van der Waals surface area contributed by atoms with Gasteiger partial charge in [0.05, 0.1) is 0 Å². The molecule has 0 bridgehead atoms. The number of piperidine rings is 1. The Bertz CT molecular complexity index is 467. The molecule has 1 N–H and O–H groups in total. The highest BCUT2D eigenvalue weighted by Gasteiger charge is 2.16. The first kappa shape index (κ1) is 16.6. The Morgan fingerprint density at radius 2 is 2.05 bits per heavy atom. The minimum absolute atomic E-state index is 0.177. The lowest BCUT2D eigenvalue weighted by Gasteiger charge is -2.24. The van der Waals surface area contributed by atoms with E-state index < -0.39 is 0 Å². The summed E-state index contributed by atoms with van der Waals surface area (Å²) in [6, 6.07) is 5.40. The predicted octanol–water partition coefficient (Wildman–Crippen LogP) is 3.73. The number of amides is 1. The van der Waals surface area contributed by atoms with Gasteiger partial charge >= 0.3 is 0 Å². The zero-order chi connectivity index (χ0) is 15.2. The molecule has 1 unspecified atom stereocenters. The molecular weight excluding hydrogens is 307 g/mol. The second-order valence-corrected chi connectivity index (χ2v) is 6.65. The number of nitrogens with zero attached hydrogens (tertiary/aromatic N) is 1. The highest BCUT2D eigenvalue weighted by molar-refractivity contribution is 6.34. The van der Waals surface area contributed by atoms with Gasteiger partial charge in [0.15, 0.2) is 0 Å². The van der Waals surface area contributed by atoms with Crippen LogP contribution in [0.3, 0.4) is 0 Å². The number of nitrogens with one attached hydrogen (secondary N) is 1. The highest BCUT2D eigenvalue weighted by atomic mass is 35.5. The van der Waals surface area contributed by atoms with Gasteiger partial charge in [0, 0.05) is 30.1 Å². The summed E-state index contributed by atoms with van der Waals surface area (Å²) in [5.74, 6) is 0.813. The van der Waals surface area contributed by atoms with Crippen LogP contribution in [0.1, 0.15) is 31.2 Å². The Kier molecular flexibility index (Phi) is 6.34. The van der Waals surface area contributed by atoms with Crippen LogP contribution in [0.4, 0.5) is 0 Å². The fourth-order valence-electron chi connectivity index (χ4n) is 2.75. The lowest BCUT2D eigenvalue weighted by atomic mass is 9.94. The van der Waals surface area contributed by atoms with Crippen LogP contribution in [0.15, 0.2) is 18.2 Å². The van der Waals surface area contributed by atoms with E-state index in [4.69, 9.17) is 23.2 Å². The highest BCUT2D eigenvalue weighted by Crippen LogP contribution is 2.21. The van der Waals surface area contributed by atoms with Crippen molar-refractivity contribution in [3.8, 4) is 0 Å². The molecule has 3 nitrogen and oxygen atoms in total. The zero-order valence-corrected chi connectivity index (χ0v) is 13.9. The summed E-state index contributed by atoms with van der Waals surface area (Å²) in [6.07, 6.45) is 4.02. The Balaban J connectivity index is 1.81. The van der Waals surface area contributed by atoms with E-state index in [1.165, 1.54) is 12.8 Å². The molecule has 1 aliphatic heterocycles. The molecule has 5 heteroatoms. The number of benzene rings is 1. The Morgan fingerprint density at radius 1 is 1.33 bits per heavy atom. The standard InChI is InChI=1S/C16H22Cl2N2O/c1-20(11-13-7-14(17)9-15(18)8-13)16(21)5-4-12-3-2-6-19-10-12/h7-9,12,19H,2-6,10-11H2,1H3. The van der Waals surface area contributed by atoms with E-state index >= 15 is 0 Å². The van der Waals surface area contributed by atoms with E-state index in [0.29, 0.717) is 28.9 Å². The maximum atomic E-state index is 12.2. The maximum Gasteiger partial charge on any atom is 0.222 e. The minimum Gasteiger partial charge on any atom is -0.341 e. The van der Waals surface area contributed by atoms with Crippen LogP contribution in [-0.2, 0) is 11.3 Å². The van der Waals surface area contributed by atoms with E-state index in [1.807, 2.05) is 19.2 Å². The fraction of sp³-hybridized carbons (Fsp3) is 0.562. The smallest absolute Gasteiger partial charge is 0.222 e. The molecule has 1 amide bonds. The van der Waals surface area contributed by atoms with Gasteiger partial charge in [0.25, 0.3) is 0 Å². The molecular formula is C16H22Cl2N2O. The number of hydrogen-bond donors (Lipinski definition) is 1. The normalized spacial score (nSPS) is 18.5. The van der Waals surface area contributed by atoms with E-state index in [-0.39, 0.29) is 5.91 Å². The van der Waals surface area contributed by atoms with Crippen molar-refractivity contribution < 1.29 is 4.79 Å². The van der Waals surface area contributed by atoms with Gasteiger partial charge in [-0.05, 0) is 62.0 Å². The van der Waals surface area contributed by atoms with Crippen molar-refractivity contribution in [1.29, 1.82) is 0 Å². The van der Waals surface area contributed by atoms with Gasteiger partial charge in [0.1, 0.15) is 0 Å². The third kappa shape index (κ3) is 5.50. The molecule has 21 heavy (non-hydrogen) atoms. The second kappa shape index (κ2) is 8.02. The molecule has 0 radical (unpaired) electrons. The molecule has 0 aliphatic carbocycles. The van der Waals surface area contributed by atoms with Crippen molar-refractivity contribution in [3.05, 3.63) is 33.8 Å². The van der Waals surface area contributed by atoms with E-state index in [9.17, 15) is 4.79 Å². The summed E-state index contributed by atoms with van der Waals surface area (Å²) in [5.41, 5.74) is 0.961. The first-order valence-corrected chi connectivity index (χ1v) is 8.20. The summed E-state index contributed by atoms with van der Waals surface area (Å²) >= 11 is 12.0. The van der Waals surface area contributed by atoms with Gasteiger partial charge in [-0.15, -0.1) is 0 Å². The molecule has 1 aromatic carbocycles. The van der Waals surface area contributed by atoms with E-state index in [1.54, 1.807) is 11.0 Å². The SMILES string of the molecule is CN(Cc1cc(Cl)cc(Cl)c1)C(=O)CCC1CCCNC1. The Morgan fingerprint density at radius 3 is 2.67 bits per heavy atom. The fourth-order valence-corrected chi connectivity index (χ4v) is 3.32. The molecule has 1 saturated heterocycles. The maximum absolute atomic E-state index is 12.2. The molecule has 1 aromatic rings. The Hall–Kier alpha value is -0.770. The summed E-state index contributed by atoms with van der Waals surface area (Å²) in [5, 5.41) is 4.59. The molecule has 2 rings (SSSR count). The van der Waals surface area contributed by atoms with Crippen molar-refractivity contribution in [2.45, 2.75) is 32.2 Å². The molecule has 116 valence electrons. The monoisotopic (exact) mass is 328 g/mol. The third-order valence-corrected chi connectivity index (χ3v) is 4.37. The number of halogens is 2. The average Bonchev–Trinajstić information content (AvgIpc) is 2.44. The lowest BCUT2D eigenvalue weighted by molar-refractivity contribution is -0.130. The molecule has 1 aliphatic rings. The van der Waals surface area contributed by atoms with Gasteiger partial charge < -0.3 is 10.2 Å². The van der Waals surface area contributed by atoms with Crippen LogP contribution >= 0.6 is 23.2 Å². The Labute approximate surface area is 136 Å². The molecule has 0 saturated carbocycles. The van der Waals surface area contributed by atoms with Gasteiger partial charge in [-0.3, -0.25) is 4.79 Å². The van der Waals surface area contributed by atoms with Crippen LogP contribution in [0.25, 0.3) is 0 Å².